The fourth-order valence-corrected chi connectivity index (χ4v) is 2.18. The van der Waals surface area contributed by atoms with Crippen LogP contribution in [0.3, 0.4) is 0 Å². The van der Waals surface area contributed by atoms with Crippen molar-refractivity contribution in [1.29, 1.82) is 0 Å². The number of nitrogens with zero attached hydrogens (tertiary/aromatic N) is 2. The smallest absolute Gasteiger partial charge is 0.362 e. The molecule has 0 fully saturated rings. The van der Waals surface area contributed by atoms with Crippen LogP contribution in [0.1, 0.15) is 23.6 Å². The van der Waals surface area contributed by atoms with E-state index < -0.39 is 34.2 Å². The first-order chi connectivity index (χ1) is 11.3. The Labute approximate surface area is 136 Å². The summed E-state index contributed by atoms with van der Waals surface area (Å²) >= 11 is 0. The lowest BCUT2D eigenvalue weighted by atomic mass is 10.0. The van der Waals surface area contributed by atoms with E-state index in [0.29, 0.717) is 12.5 Å². The summed E-state index contributed by atoms with van der Waals surface area (Å²) in [5.41, 5.74) is -1.14. The lowest BCUT2D eigenvalue weighted by molar-refractivity contribution is -0.385. The minimum atomic E-state index is -4.77. The average molecular weight is 337 g/mol. The van der Waals surface area contributed by atoms with Gasteiger partial charge in [0.25, 0.3) is 5.69 Å². The van der Waals surface area contributed by atoms with E-state index in [2.05, 4.69) is 16.9 Å². The number of nitro groups is 1. The molecule has 1 atom stereocenters. The van der Waals surface area contributed by atoms with E-state index in [-0.39, 0.29) is 0 Å². The van der Waals surface area contributed by atoms with Crippen molar-refractivity contribution < 1.29 is 18.1 Å². The Morgan fingerprint density at radius 1 is 1.33 bits per heavy atom. The molecule has 2 aromatic rings. The van der Waals surface area contributed by atoms with Gasteiger partial charge in [-0.25, -0.2) is 4.98 Å². The first-order valence-electron chi connectivity index (χ1n) is 6.97. The molecule has 0 aliphatic rings. The summed E-state index contributed by atoms with van der Waals surface area (Å²) < 4.78 is 39.6. The van der Waals surface area contributed by atoms with E-state index in [1.54, 1.807) is 36.4 Å². The number of nitrogens with one attached hydrogen (secondary N) is 1. The third-order valence-electron chi connectivity index (χ3n) is 3.30. The Bertz CT molecular complexity index is 733. The van der Waals surface area contributed by atoms with Gasteiger partial charge in [-0.15, -0.1) is 6.58 Å². The highest BCUT2D eigenvalue weighted by molar-refractivity contribution is 5.52. The molecule has 0 saturated heterocycles. The summed E-state index contributed by atoms with van der Waals surface area (Å²) in [7, 11) is 0. The zero-order chi connectivity index (χ0) is 17.7. The van der Waals surface area contributed by atoms with Crippen molar-refractivity contribution in [3.63, 3.8) is 0 Å². The van der Waals surface area contributed by atoms with Crippen LogP contribution in [-0.2, 0) is 6.18 Å². The van der Waals surface area contributed by atoms with E-state index in [0.717, 1.165) is 11.8 Å². The summed E-state index contributed by atoms with van der Waals surface area (Å²) in [6, 6.07) is 8.84. The minimum absolute atomic E-state index is 0.361. The molecule has 24 heavy (non-hydrogen) atoms. The van der Waals surface area contributed by atoms with Crippen molar-refractivity contribution in [2.75, 3.05) is 5.32 Å². The lowest BCUT2D eigenvalue weighted by Crippen LogP contribution is -2.17. The summed E-state index contributed by atoms with van der Waals surface area (Å²) in [5, 5.41) is 13.4. The summed E-state index contributed by atoms with van der Waals surface area (Å²) in [5.74, 6) is -0.455. The van der Waals surface area contributed by atoms with E-state index in [1.165, 1.54) is 0 Å². The number of pyridine rings is 1. The molecular formula is C16H14F3N3O2. The Balaban J connectivity index is 2.42. The van der Waals surface area contributed by atoms with Crippen LogP contribution in [0.2, 0.25) is 0 Å². The molecule has 1 aromatic heterocycles. The Morgan fingerprint density at radius 2 is 2.00 bits per heavy atom. The molecule has 0 radical (unpaired) electrons. The Hall–Kier alpha value is -2.90. The molecule has 5 nitrogen and oxygen atoms in total. The Morgan fingerprint density at radius 3 is 2.54 bits per heavy atom. The van der Waals surface area contributed by atoms with Crippen molar-refractivity contribution in [3.05, 3.63) is 76.5 Å². The number of benzene rings is 1. The molecule has 0 spiro atoms. The molecule has 0 aliphatic heterocycles. The number of anilines is 1. The maximum absolute atomic E-state index is 13.2. The van der Waals surface area contributed by atoms with Gasteiger partial charge in [0.15, 0.2) is 0 Å². The molecule has 8 heteroatoms. The second kappa shape index (κ2) is 7.12. The predicted octanol–water partition coefficient (Wildman–Crippen LogP) is 4.74. The molecular weight excluding hydrogens is 323 g/mol. The molecule has 1 heterocycles. The van der Waals surface area contributed by atoms with E-state index in [1.807, 2.05) is 0 Å². The van der Waals surface area contributed by atoms with Crippen LogP contribution in [0.15, 0.2) is 55.3 Å². The van der Waals surface area contributed by atoms with Crippen molar-refractivity contribution in [2.45, 2.75) is 18.6 Å². The van der Waals surface area contributed by atoms with Crippen LogP contribution in [0, 0.1) is 10.1 Å². The SMILES string of the molecule is C=CCC(Nc1ncc([N+](=O)[O-])cc1C(F)(F)F)c1ccccc1. The van der Waals surface area contributed by atoms with Gasteiger partial charge in [-0.1, -0.05) is 36.4 Å². The number of alkyl halides is 3. The molecule has 0 aliphatic carbocycles. The Kier molecular flexibility index (Phi) is 5.18. The highest BCUT2D eigenvalue weighted by Gasteiger charge is 2.36. The number of halogens is 3. The molecule has 126 valence electrons. The van der Waals surface area contributed by atoms with Gasteiger partial charge >= 0.3 is 6.18 Å². The molecule has 0 saturated carbocycles. The van der Waals surface area contributed by atoms with Crippen LogP contribution in [-0.4, -0.2) is 9.91 Å². The third kappa shape index (κ3) is 4.09. The molecule has 0 amide bonds. The van der Waals surface area contributed by atoms with Crippen LogP contribution < -0.4 is 5.32 Å². The fourth-order valence-electron chi connectivity index (χ4n) is 2.18. The second-order valence-electron chi connectivity index (χ2n) is 4.98. The molecule has 2 rings (SSSR count). The number of rotatable bonds is 6. The quantitative estimate of drug-likeness (QED) is 0.470. The van der Waals surface area contributed by atoms with E-state index in [9.17, 15) is 23.3 Å². The first-order valence-corrected chi connectivity index (χ1v) is 6.97. The molecule has 0 bridgehead atoms. The van der Waals surface area contributed by atoms with Gasteiger partial charge in [0, 0.05) is 6.07 Å². The highest BCUT2D eigenvalue weighted by atomic mass is 19.4. The summed E-state index contributed by atoms with van der Waals surface area (Å²) in [6.07, 6.45) is -2.03. The molecule has 1 N–H and O–H groups in total. The number of hydrogen-bond acceptors (Lipinski definition) is 4. The minimum Gasteiger partial charge on any atom is -0.362 e. The fraction of sp³-hybridized carbons (Fsp3) is 0.188. The molecule has 1 unspecified atom stereocenters. The largest absolute Gasteiger partial charge is 0.420 e. The monoisotopic (exact) mass is 337 g/mol. The lowest BCUT2D eigenvalue weighted by Gasteiger charge is -2.21. The summed E-state index contributed by atoms with van der Waals surface area (Å²) in [4.78, 5) is 13.4. The zero-order valence-corrected chi connectivity index (χ0v) is 12.5. The van der Waals surface area contributed by atoms with E-state index >= 15 is 0 Å². The van der Waals surface area contributed by atoms with E-state index in [4.69, 9.17) is 0 Å². The maximum Gasteiger partial charge on any atom is 0.420 e. The van der Waals surface area contributed by atoms with Gasteiger partial charge in [-0.05, 0) is 12.0 Å². The van der Waals surface area contributed by atoms with Gasteiger partial charge in [-0.2, -0.15) is 13.2 Å². The average Bonchev–Trinajstić information content (AvgIpc) is 2.54. The predicted molar refractivity (Wildman–Crippen MR) is 83.5 cm³/mol. The van der Waals surface area contributed by atoms with Crippen molar-refractivity contribution >= 4 is 11.5 Å². The van der Waals surface area contributed by atoms with Crippen LogP contribution in [0.25, 0.3) is 0 Å². The standard InChI is InChI=1S/C16H14F3N3O2/c1-2-6-14(11-7-4-3-5-8-11)21-15-13(16(17,18)19)9-12(10-20-15)22(23)24/h2-5,7-10,14H,1,6H2,(H,20,21). The van der Waals surface area contributed by atoms with Gasteiger partial charge in [0.1, 0.15) is 17.6 Å². The van der Waals surface area contributed by atoms with Gasteiger partial charge in [0.05, 0.1) is 11.0 Å². The third-order valence-corrected chi connectivity index (χ3v) is 3.30. The van der Waals surface area contributed by atoms with Gasteiger partial charge in [-0.3, -0.25) is 10.1 Å². The van der Waals surface area contributed by atoms with Gasteiger partial charge in [0.2, 0.25) is 0 Å². The first kappa shape index (κ1) is 17.5. The zero-order valence-electron chi connectivity index (χ0n) is 12.5. The highest BCUT2D eigenvalue weighted by Crippen LogP contribution is 2.37. The topological polar surface area (TPSA) is 68.1 Å². The van der Waals surface area contributed by atoms with Crippen molar-refractivity contribution in [2.24, 2.45) is 0 Å². The van der Waals surface area contributed by atoms with Crippen molar-refractivity contribution in [1.82, 2.24) is 4.98 Å². The van der Waals surface area contributed by atoms with Crippen molar-refractivity contribution in [3.8, 4) is 0 Å². The molecule has 1 aromatic carbocycles. The summed E-state index contributed by atoms with van der Waals surface area (Å²) in [6.45, 7) is 3.60. The normalized spacial score (nSPS) is 12.5. The number of hydrogen-bond donors (Lipinski definition) is 1. The maximum atomic E-state index is 13.2. The van der Waals surface area contributed by atoms with Crippen LogP contribution in [0.5, 0.6) is 0 Å². The van der Waals surface area contributed by atoms with Gasteiger partial charge < -0.3 is 5.32 Å². The van der Waals surface area contributed by atoms with Crippen LogP contribution in [0.4, 0.5) is 24.7 Å². The number of aromatic nitrogens is 1. The van der Waals surface area contributed by atoms with Crippen LogP contribution >= 0.6 is 0 Å². The second-order valence-corrected chi connectivity index (χ2v) is 4.98.